The molecule has 0 heterocycles. The van der Waals surface area contributed by atoms with Crippen molar-refractivity contribution in [1.29, 1.82) is 0 Å². The van der Waals surface area contributed by atoms with Gasteiger partial charge in [-0.15, -0.1) is 6.58 Å². The molecule has 0 aliphatic rings. The third kappa shape index (κ3) is 5.82. The second-order valence-corrected chi connectivity index (χ2v) is 4.01. The molecule has 0 aromatic heterocycles. The van der Waals surface area contributed by atoms with Gasteiger partial charge in [0.2, 0.25) is 0 Å². The van der Waals surface area contributed by atoms with Crippen LogP contribution in [0.15, 0.2) is 30.9 Å². The lowest BCUT2D eigenvalue weighted by molar-refractivity contribution is 0.140. The second-order valence-electron chi connectivity index (χ2n) is 3.60. The maximum absolute atomic E-state index is 12.8. The lowest BCUT2D eigenvalue weighted by atomic mass is 10.2. The Morgan fingerprint density at radius 3 is 2.94 bits per heavy atom. The van der Waals surface area contributed by atoms with Crippen molar-refractivity contribution in [3.63, 3.8) is 0 Å². The van der Waals surface area contributed by atoms with Gasteiger partial charge in [0.25, 0.3) is 0 Å². The van der Waals surface area contributed by atoms with Gasteiger partial charge in [-0.3, -0.25) is 0 Å². The molecule has 0 saturated carbocycles. The van der Waals surface area contributed by atoms with Crippen LogP contribution in [0.1, 0.15) is 12.0 Å². The zero-order chi connectivity index (χ0) is 12.5. The summed E-state index contributed by atoms with van der Waals surface area (Å²) in [7, 11) is 0. The van der Waals surface area contributed by atoms with E-state index in [9.17, 15) is 4.39 Å². The Bertz CT molecular complexity index is 357. The Hall–Kier alpha value is -0.900. The quantitative estimate of drug-likeness (QED) is 0.571. The Morgan fingerprint density at radius 1 is 1.41 bits per heavy atom. The third-order valence-corrected chi connectivity index (χ3v) is 2.57. The Labute approximate surface area is 106 Å². The molecule has 1 rings (SSSR count). The van der Waals surface area contributed by atoms with Crippen LogP contribution in [0, 0.1) is 5.82 Å². The first-order chi connectivity index (χ1) is 8.24. The molecule has 0 bridgehead atoms. The summed E-state index contributed by atoms with van der Waals surface area (Å²) < 4.78 is 18.1. The fourth-order valence-electron chi connectivity index (χ4n) is 1.30. The normalized spacial score (nSPS) is 10.5. The summed E-state index contributed by atoms with van der Waals surface area (Å²) in [5.74, 6) is -0.313. The van der Waals surface area contributed by atoms with Gasteiger partial charge in [-0.05, 0) is 24.1 Å². The fraction of sp³-hybridized carbons (Fsp3) is 0.385. The largest absolute Gasteiger partial charge is 0.380 e. The van der Waals surface area contributed by atoms with Crippen molar-refractivity contribution in [3.8, 4) is 0 Å². The maximum Gasteiger partial charge on any atom is 0.124 e. The second kappa shape index (κ2) is 8.23. The first kappa shape index (κ1) is 14.2. The smallest absolute Gasteiger partial charge is 0.124 e. The highest BCUT2D eigenvalue weighted by Gasteiger charge is 2.00. The molecular weight excluding hydrogens is 241 g/mol. The van der Waals surface area contributed by atoms with Crippen LogP contribution >= 0.6 is 11.6 Å². The molecular formula is C13H17ClFNO. The first-order valence-electron chi connectivity index (χ1n) is 5.57. The van der Waals surface area contributed by atoms with Crippen molar-refractivity contribution in [2.45, 2.75) is 13.0 Å². The van der Waals surface area contributed by atoms with E-state index in [1.165, 1.54) is 12.1 Å². The van der Waals surface area contributed by atoms with Crippen molar-refractivity contribution >= 4 is 11.6 Å². The molecule has 0 fully saturated rings. The Morgan fingerprint density at radius 2 is 2.24 bits per heavy atom. The lowest BCUT2D eigenvalue weighted by Crippen LogP contribution is -2.19. The van der Waals surface area contributed by atoms with Crippen LogP contribution < -0.4 is 5.32 Å². The molecule has 0 aliphatic carbocycles. The van der Waals surface area contributed by atoms with Gasteiger partial charge in [0.1, 0.15) is 5.82 Å². The van der Waals surface area contributed by atoms with Crippen LogP contribution in [-0.2, 0) is 11.3 Å². The number of halogens is 2. The summed E-state index contributed by atoms with van der Waals surface area (Å²) in [6, 6.07) is 4.41. The van der Waals surface area contributed by atoms with Gasteiger partial charge in [0, 0.05) is 18.1 Å². The molecule has 0 aliphatic heterocycles. The van der Waals surface area contributed by atoms with Crippen molar-refractivity contribution in [2.75, 3.05) is 19.8 Å². The van der Waals surface area contributed by atoms with Crippen LogP contribution in [0.2, 0.25) is 5.02 Å². The minimum absolute atomic E-state index is 0.313. The van der Waals surface area contributed by atoms with Crippen LogP contribution in [0.3, 0.4) is 0 Å². The van der Waals surface area contributed by atoms with Gasteiger partial charge < -0.3 is 10.1 Å². The van der Waals surface area contributed by atoms with E-state index in [2.05, 4.69) is 11.9 Å². The maximum atomic E-state index is 12.8. The van der Waals surface area contributed by atoms with E-state index in [0.717, 1.165) is 18.5 Å². The zero-order valence-electron chi connectivity index (χ0n) is 9.72. The standard InChI is InChI=1S/C13H17ClFNO/c1-2-3-7-17-8-6-16-10-11-4-5-12(15)9-13(11)14/h2,4-5,9,16H,1,3,6-8,10H2. The van der Waals surface area contributed by atoms with E-state index >= 15 is 0 Å². The molecule has 0 atom stereocenters. The molecule has 1 aromatic carbocycles. The number of rotatable bonds is 8. The first-order valence-corrected chi connectivity index (χ1v) is 5.95. The van der Waals surface area contributed by atoms with Crippen molar-refractivity contribution < 1.29 is 9.13 Å². The van der Waals surface area contributed by atoms with E-state index < -0.39 is 0 Å². The predicted octanol–water partition coefficient (Wildman–Crippen LogP) is 3.16. The van der Waals surface area contributed by atoms with Crippen LogP contribution in [-0.4, -0.2) is 19.8 Å². The highest BCUT2D eigenvalue weighted by Crippen LogP contribution is 2.16. The van der Waals surface area contributed by atoms with Gasteiger partial charge in [-0.1, -0.05) is 23.7 Å². The summed E-state index contributed by atoms with van der Waals surface area (Å²) in [6.07, 6.45) is 2.69. The van der Waals surface area contributed by atoms with Crippen molar-refractivity contribution in [1.82, 2.24) is 5.32 Å². The minimum atomic E-state index is -0.313. The van der Waals surface area contributed by atoms with E-state index in [-0.39, 0.29) is 5.82 Å². The molecule has 0 radical (unpaired) electrons. The molecule has 0 unspecified atom stereocenters. The molecule has 1 aromatic rings. The van der Waals surface area contributed by atoms with Crippen LogP contribution in [0.4, 0.5) is 4.39 Å². The van der Waals surface area contributed by atoms with Crippen LogP contribution in [0.25, 0.3) is 0 Å². The lowest BCUT2D eigenvalue weighted by Gasteiger charge is -2.07. The zero-order valence-corrected chi connectivity index (χ0v) is 10.5. The van der Waals surface area contributed by atoms with Gasteiger partial charge in [-0.2, -0.15) is 0 Å². The van der Waals surface area contributed by atoms with Gasteiger partial charge in [-0.25, -0.2) is 4.39 Å². The SMILES string of the molecule is C=CCCOCCNCc1ccc(F)cc1Cl. The highest BCUT2D eigenvalue weighted by molar-refractivity contribution is 6.31. The number of hydrogen-bond donors (Lipinski definition) is 1. The van der Waals surface area contributed by atoms with Crippen molar-refractivity contribution in [3.05, 3.63) is 47.3 Å². The summed E-state index contributed by atoms with van der Waals surface area (Å²) >= 11 is 5.89. The predicted molar refractivity (Wildman–Crippen MR) is 68.7 cm³/mol. The molecule has 0 amide bonds. The Kier molecular flexibility index (Phi) is 6.86. The summed E-state index contributed by atoms with van der Waals surface area (Å²) in [6.45, 7) is 6.31. The van der Waals surface area contributed by atoms with E-state index in [4.69, 9.17) is 16.3 Å². The Balaban J connectivity index is 2.15. The van der Waals surface area contributed by atoms with Gasteiger partial charge in [0.15, 0.2) is 0 Å². The molecule has 0 spiro atoms. The fourth-order valence-corrected chi connectivity index (χ4v) is 1.54. The molecule has 4 heteroatoms. The number of ether oxygens (including phenoxy) is 1. The van der Waals surface area contributed by atoms with Crippen molar-refractivity contribution in [2.24, 2.45) is 0 Å². The van der Waals surface area contributed by atoms with Gasteiger partial charge >= 0.3 is 0 Å². The number of benzene rings is 1. The van der Waals surface area contributed by atoms with E-state index in [0.29, 0.717) is 24.8 Å². The molecule has 17 heavy (non-hydrogen) atoms. The average Bonchev–Trinajstić information content (AvgIpc) is 2.30. The molecule has 0 saturated heterocycles. The molecule has 2 nitrogen and oxygen atoms in total. The topological polar surface area (TPSA) is 21.3 Å². The highest BCUT2D eigenvalue weighted by atomic mass is 35.5. The van der Waals surface area contributed by atoms with E-state index in [1.807, 2.05) is 6.08 Å². The number of nitrogens with one attached hydrogen (secondary N) is 1. The molecule has 94 valence electrons. The monoisotopic (exact) mass is 257 g/mol. The van der Waals surface area contributed by atoms with Gasteiger partial charge in [0.05, 0.1) is 13.2 Å². The minimum Gasteiger partial charge on any atom is -0.380 e. The summed E-state index contributed by atoms with van der Waals surface area (Å²) in [4.78, 5) is 0. The summed E-state index contributed by atoms with van der Waals surface area (Å²) in [5.41, 5.74) is 0.888. The average molecular weight is 258 g/mol. The van der Waals surface area contributed by atoms with E-state index in [1.54, 1.807) is 6.07 Å². The number of hydrogen-bond acceptors (Lipinski definition) is 2. The summed E-state index contributed by atoms with van der Waals surface area (Å²) in [5, 5.41) is 3.63. The van der Waals surface area contributed by atoms with Crippen LogP contribution in [0.5, 0.6) is 0 Å². The third-order valence-electron chi connectivity index (χ3n) is 2.22. The molecule has 1 N–H and O–H groups in total.